The number of likely N-dealkylation sites (tertiary alicyclic amines) is 1. The number of rotatable bonds is 6. The summed E-state index contributed by atoms with van der Waals surface area (Å²) in [7, 11) is 1.55. The molecule has 1 N–H and O–H groups in total. The summed E-state index contributed by atoms with van der Waals surface area (Å²) < 4.78 is 26.4. The van der Waals surface area contributed by atoms with E-state index >= 15 is 4.39 Å². The van der Waals surface area contributed by atoms with Crippen molar-refractivity contribution >= 4 is 40.2 Å². The summed E-state index contributed by atoms with van der Waals surface area (Å²) in [4.78, 5) is 43.8. The van der Waals surface area contributed by atoms with E-state index < -0.39 is 29.5 Å². The summed E-state index contributed by atoms with van der Waals surface area (Å²) in [6, 6.07) is 13.2. The molecule has 1 saturated heterocycles. The summed E-state index contributed by atoms with van der Waals surface area (Å²) in [5, 5.41) is 4.67. The number of aryl methyl sites for hydroxylation is 1. The Labute approximate surface area is 268 Å². The molecule has 4 aromatic rings. The molecule has 238 valence electrons. The first-order chi connectivity index (χ1) is 22.0. The third-order valence-corrected chi connectivity index (χ3v) is 7.38. The van der Waals surface area contributed by atoms with Gasteiger partial charge in [0.05, 0.1) is 11.6 Å². The Bertz CT molecular complexity index is 1810. The molecular formula is C35H37FN6O4. The fourth-order valence-electron chi connectivity index (χ4n) is 5.38. The lowest BCUT2D eigenvalue weighted by Gasteiger charge is -2.39. The van der Waals surface area contributed by atoms with Crippen molar-refractivity contribution in [1.82, 2.24) is 19.9 Å². The van der Waals surface area contributed by atoms with Gasteiger partial charge >= 0.3 is 6.09 Å². The van der Waals surface area contributed by atoms with Crippen LogP contribution in [0, 0.1) is 24.6 Å². The first kappa shape index (κ1) is 32.3. The monoisotopic (exact) mass is 624 g/mol. The minimum atomic E-state index is -0.729. The molecular weight excluding hydrogens is 587 g/mol. The number of fused-ring (bicyclic) bond motifs is 1. The van der Waals surface area contributed by atoms with Gasteiger partial charge in [0.15, 0.2) is 0 Å². The maximum absolute atomic E-state index is 15.8. The number of amides is 2. The second-order valence-electron chi connectivity index (χ2n) is 12.0. The zero-order valence-corrected chi connectivity index (χ0v) is 26.6. The Morgan fingerprint density at radius 1 is 1.13 bits per heavy atom. The average Bonchev–Trinajstić information content (AvgIpc) is 3.01. The standard InChI is InChI=1S/C35H37FN6O4/c1-23-9-6-10-24-15-17-37-31(30(23)24)42(27-12-7-19-41(22-27)34(44)46-35(2,3)4)32(43)28-14-13-26(21-29(28)36)40-33-38-18-16-25(39-33)11-8-20-45-5/h6,9-10,13-18,21,27H,7,12,19-20,22H2,1-5H3,(H,38,39,40)/t27-/m1/s1. The largest absolute Gasteiger partial charge is 0.444 e. The van der Waals surface area contributed by atoms with Crippen LogP contribution in [-0.2, 0) is 9.47 Å². The number of hydrogen-bond donors (Lipinski definition) is 1. The van der Waals surface area contributed by atoms with E-state index in [-0.39, 0.29) is 24.7 Å². The molecule has 2 aromatic carbocycles. The van der Waals surface area contributed by atoms with Gasteiger partial charge in [-0.05, 0) is 87.7 Å². The number of benzene rings is 2. The SMILES string of the molecule is COCC#Cc1ccnc(Nc2ccc(C(=O)N(c3nccc4cccc(C)c34)[C@@H]3CCCN(C(=O)OC(C)(C)C)C3)c(F)c2)n1. The van der Waals surface area contributed by atoms with Crippen molar-refractivity contribution in [2.45, 2.75) is 52.2 Å². The van der Waals surface area contributed by atoms with Gasteiger partial charge in [-0.1, -0.05) is 24.1 Å². The Kier molecular flexibility index (Phi) is 9.78. The zero-order valence-electron chi connectivity index (χ0n) is 26.6. The van der Waals surface area contributed by atoms with E-state index in [1.165, 1.54) is 12.1 Å². The summed E-state index contributed by atoms with van der Waals surface area (Å²) in [5.74, 6) is 5.06. The highest BCUT2D eigenvalue weighted by atomic mass is 19.1. The molecule has 11 heteroatoms. The van der Waals surface area contributed by atoms with Crippen LogP contribution in [0.2, 0.25) is 0 Å². The predicted octanol–water partition coefficient (Wildman–Crippen LogP) is 6.26. The van der Waals surface area contributed by atoms with E-state index in [1.54, 1.807) is 41.4 Å². The predicted molar refractivity (Wildman–Crippen MR) is 175 cm³/mol. The molecule has 1 aliphatic heterocycles. The van der Waals surface area contributed by atoms with E-state index in [2.05, 4.69) is 32.1 Å². The number of pyridine rings is 1. The first-order valence-corrected chi connectivity index (χ1v) is 15.1. The molecule has 0 aliphatic carbocycles. The Morgan fingerprint density at radius 2 is 1.93 bits per heavy atom. The fraction of sp³-hybridized carbons (Fsp3) is 0.343. The maximum atomic E-state index is 15.8. The molecule has 5 rings (SSSR count). The number of anilines is 3. The molecule has 10 nitrogen and oxygen atoms in total. The van der Waals surface area contributed by atoms with Crippen molar-refractivity contribution < 1.29 is 23.5 Å². The normalized spacial score (nSPS) is 14.7. The minimum absolute atomic E-state index is 0.132. The van der Waals surface area contributed by atoms with Gasteiger partial charge in [0, 0.05) is 43.7 Å². The van der Waals surface area contributed by atoms with Crippen LogP contribution in [0.1, 0.15) is 55.2 Å². The molecule has 0 bridgehead atoms. The van der Waals surface area contributed by atoms with E-state index in [0.29, 0.717) is 36.6 Å². The molecule has 1 aliphatic rings. The van der Waals surface area contributed by atoms with Gasteiger partial charge in [0.25, 0.3) is 5.91 Å². The van der Waals surface area contributed by atoms with Gasteiger partial charge < -0.3 is 19.7 Å². The second kappa shape index (κ2) is 13.9. The number of hydrogen-bond acceptors (Lipinski definition) is 8. The van der Waals surface area contributed by atoms with Gasteiger partial charge in [-0.15, -0.1) is 0 Å². The second-order valence-corrected chi connectivity index (χ2v) is 12.0. The average molecular weight is 625 g/mol. The molecule has 0 spiro atoms. The molecule has 0 radical (unpaired) electrons. The highest BCUT2D eigenvalue weighted by Crippen LogP contribution is 2.33. The van der Waals surface area contributed by atoms with Crippen molar-refractivity contribution in [3.8, 4) is 11.8 Å². The van der Waals surface area contributed by atoms with Crippen LogP contribution >= 0.6 is 0 Å². The van der Waals surface area contributed by atoms with E-state index in [0.717, 1.165) is 16.3 Å². The number of methoxy groups -OCH3 is 1. The highest BCUT2D eigenvalue weighted by molar-refractivity contribution is 6.11. The topological polar surface area (TPSA) is 110 Å². The van der Waals surface area contributed by atoms with Crippen molar-refractivity contribution in [3.05, 3.63) is 83.6 Å². The number of piperidine rings is 1. The maximum Gasteiger partial charge on any atom is 0.410 e. The van der Waals surface area contributed by atoms with Crippen LogP contribution in [0.25, 0.3) is 10.8 Å². The number of carbonyl (C=O) groups is 2. The van der Waals surface area contributed by atoms with E-state index in [1.807, 2.05) is 52.0 Å². The zero-order chi connectivity index (χ0) is 32.8. The van der Waals surface area contributed by atoms with Gasteiger partial charge in [0.1, 0.15) is 29.5 Å². The quantitative estimate of drug-likeness (QED) is 0.251. The molecule has 0 saturated carbocycles. The molecule has 1 fully saturated rings. The number of halogens is 1. The molecule has 46 heavy (non-hydrogen) atoms. The molecule has 3 heterocycles. The van der Waals surface area contributed by atoms with E-state index in [4.69, 9.17) is 9.47 Å². The smallest absolute Gasteiger partial charge is 0.410 e. The first-order valence-electron chi connectivity index (χ1n) is 15.1. The Morgan fingerprint density at radius 3 is 2.70 bits per heavy atom. The lowest BCUT2D eigenvalue weighted by Crippen LogP contribution is -2.53. The minimum Gasteiger partial charge on any atom is -0.444 e. The molecule has 2 amide bonds. The summed E-state index contributed by atoms with van der Waals surface area (Å²) in [6.45, 7) is 8.35. The molecule has 0 unspecified atom stereocenters. The van der Waals surface area contributed by atoms with Gasteiger partial charge in [-0.25, -0.2) is 24.1 Å². The lowest BCUT2D eigenvalue weighted by atomic mass is 10.00. The molecule has 2 aromatic heterocycles. The number of carbonyl (C=O) groups excluding carboxylic acids is 2. The van der Waals surface area contributed by atoms with Crippen LogP contribution in [0.3, 0.4) is 0 Å². The van der Waals surface area contributed by atoms with Gasteiger partial charge in [-0.3, -0.25) is 9.69 Å². The van der Waals surface area contributed by atoms with Crippen molar-refractivity contribution in [2.75, 3.05) is 37.0 Å². The van der Waals surface area contributed by atoms with Crippen LogP contribution in [-0.4, -0.2) is 70.3 Å². The number of ether oxygens (including phenoxy) is 2. The van der Waals surface area contributed by atoms with Crippen LogP contribution in [0.4, 0.5) is 26.6 Å². The summed E-state index contributed by atoms with van der Waals surface area (Å²) in [5.41, 5.74) is 0.954. The summed E-state index contributed by atoms with van der Waals surface area (Å²) >= 11 is 0. The third-order valence-electron chi connectivity index (χ3n) is 7.38. The number of nitrogens with zero attached hydrogens (tertiary/aromatic N) is 5. The van der Waals surface area contributed by atoms with Crippen molar-refractivity contribution in [3.63, 3.8) is 0 Å². The van der Waals surface area contributed by atoms with Crippen LogP contribution in [0.5, 0.6) is 0 Å². The van der Waals surface area contributed by atoms with Gasteiger partial charge in [-0.2, -0.15) is 0 Å². The summed E-state index contributed by atoms with van der Waals surface area (Å²) in [6.07, 6.45) is 3.96. The van der Waals surface area contributed by atoms with Crippen molar-refractivity contribution in [2.24, 2.45) is 0 Å². The molecule has 1 atom stereocenters. The van der Waals surface area contributed by atoms with Crippen molar-refractivity contribution in [1.29, 1.82) is 0 Å². The Balaban J connectivity index is 1.49. The van der Waals surface area contributed by atoms with Gasteiger partial charge in [0.2, 0.25) is 5.95 Å². The highest BCUT2D eigenvalue weighted by Gasteiger charge is 2.36. The number of nitrogens with one attached hydrogen (secondary N) is 1. The fourth-order valence-corrected chi connectivity index (χ4v) is 5.38. The van der Waals surface area contributed by atoms with Crippen LogP contribution < -0.4 is 10.2 Å². The van der Waals surface area contributed by atoms with E-state index in [9.17, 15) is 9.59 Å². The lowest BCUT2D eigenvalue weighted by molar-refractivity contribution is 0.0196. The number of aromatic nitrogens is 3. The van der Waals surface area contributed by atoms with Crippen LogP contribution in [0.15, 0.2) is 60.9 Å². The third kappa shape index (κ3) is 7.58. The Hall–Kier alpha value is -5.08.